The number of rotatable bonds is 6. The minimum absolute atomic E-state index is 1.13. The van der Waals surface area contributed by atoms with Gasteiger partial charge < -0.3 is 9.80 Å². The minimum Gasteiger partial charge on any atom is -0.310 e. The van der Waals surface area contributed by atoms with Crippen LogP contribution in [0.3, 0.4) is 0 Å². The van der Waals surface area contributed by atoms with E-state index >= 15 is 0 Å². The van der Waals surface area contributed by atoms with E-state index in [1.807, 2.05) is 11.3 Å². The summed E-state index contributed by atoms with van der Waals surface area (Å²) in [7, 11) is 0. The van der Waals surface area contributed by atoms with E-state index in [9.17, 15) is 0 Å². The van der Waals surface area contributed by atoms with E-state index in [4.69, 9.17) is 0 Å². The number of hydrogen-bond donors (Lipinski definition) is 0. The molecule has 63 heavy (non-hydrogen) atoms. The molecule has 0 fully saturated rings. The van der Waals surface area contributed by atoms with Crippen LogP contribution in [-0.4, -0.2) is 0 Å². The molecule has 0 aliphatic rings. The number of fused-ring (bicyclic) bond motifs is 11. The third-order valence-corrected chi connectivity index (χ3v) is 14.0. The Morgan fingerprint density at radius 3 is 1.05 bits per heavy atom. The number of benzene rings is 12. The summed E-state index contributed by atoms with van der Waals surface area (Å²) in [6.07, 6.45) is 0. The van der Waals surface area contributed by atoms with Crippen molar-refractivity contribution in [2.24, 2.45) is 0 Å². The lowest BCUT2D eigenvalue weighted by molar-refractivity contribution is 1.31. The topological polar surface area (TPSA) is 6.48 Å². The summed E-state index contributed by atoms with van der Waals surface area (Å²) in [5.74, 6) is 0. The maximum Gasteiger partial charge on any atom is 0.0546 e. The number of nitrogens with zero attached hydrogens (tertiary/aromatic N) is 2. The molecule has 0 bridgehead atoms. The van der Waals surface area contributed by atoms with Crippen molar-refractivity contribution in [3.63, 3.8) is 0 Å². The number of para-hydroxylation sites is 2. The van der Waals surface area contributed by atoms with Gasteiger partial charge in [-0.2, -0.15) is 0 Å². The molecule has 0 amide bonds. The van der Waals surface area contributed by atoms with Crippen molar-refractivity contribution in [2.75, 3.05) is 9.80 Å². The van der Waals surface area contributed by atoms with Crippen LogP contribution in [0.2, 0.25) is 0 Å². The van der Waals surface area contributed by atoms with Gasteiger partial charge in [-0.25, -0.2) is 0 Å². The summed E-state index contributed by atoms with van der Waals surface area (Å²) in [5.41, 5.74) is 6.85. The van der Waals surface area contributed by atoms with Crippen LogP contribution < -0.4 is 9.80 Å². The number of hydrogen-bond acceptors (Lipinski definition) is 3. The van der Waals surface area contributed by atoms with E-state index in [1.54, 1.807) is 0 Å². The highest BCUT2D eigenvalue weighted by molar-refractivity contribution is 7.26. The smallest absolute Gasteiger partial charge is 0.0546 e. The zero-order valence-electron chi connectivity index (χ0n) is 34.2. The van der Waals surface area contributed by atoms with Crippen molar-refractivity contribution >= 4 is 130 Å². The normalized spacial score (nSPS) is 11.8. The highest BCUT2D eigenvalue weighted by Crippen LogP contribution is 2.46. The zero-order chi connectivity index (χ0) is 41.4. The highest BCUT2D eigenvalue weighted by Gasteiger charge is 2.20. The predicted molar refractivity (Wildman–Crippen MR) is 274 cm³/mol. The van der Waals surface area contributed by atoms with Crippen LogP contribution >= 0.6 is 11.3 Å². The molecule has 1 aromatic heterocycles. The predicted octanol–water partition coefficient (Wildman–Crippen LogP) is 17.9. The Hall–Kier alpha value is -7.98. The van der Waals surface area contributed by atoms with Gasteiger partial charge in [-0.3, -0.25) is 0 Å². The molecule has 0 saturated carbocycles. The summed E-state index contributed by atoms with van der Waals surface area (Å²) in [6.45, 7) is 0. The molecule has 13 rings (SSSR count). The van der Waals surface area contributed by atoms with E-state index in [0.717, 1.165) is 22.7 Å². The Morgan fingerprint density at radius 1 is 0.222 bits per heavy atom. The first kappa shape index (κ1) is 35.7. The van der Waals surface area contributed by atoms with Crippen LogP contribution in [-0.2, 0) is 0 Å². The second-order valence-corrected chi connectivity index (χ2v) is 17.6. The second kappa shape index (κ2) is 14.3. The third-order valence-electron chi connectivity index (χ3n) is 12.9. The Bertz CT molecular complexity index is 3670. The Balaban J connectivity index is 0.982. The van der Waals surface area contributed by atoms with Gasteiger partial charge in [0, 0.05) is 53.7 Å². The molecular weight excluding hydrogens is 781 g/mol. The largest absolute Gasteiger partial charge is 0.310 e. The van der Waals surface area contributed by atoms with Crippen molar-refractivity contribution in [2.45, 2.75) is 0 Å². The van der Waals surface area contributed by atoms with Crippen LogP contribution in [0.5, 0.6) is 0 Å². The molecule has 3 heteroatoms. The molecule has 12 aromatic carbocycles. The van der Waals surface area contributed by atoms with Gasteiger partial charge in [-0.1, -0.05) is 146 Å². The van der Waals surface area contributed by atoms with Crippen LogP contribution in [0.25, 0.3) is 84.8 Å². The van der Waals surface area contributed by atoms with Gasteiger partial charge in [0.2, 0.25) is 0 Å². The van der Waals surface area contributed by atoms with Gasteiger partial charge in [0.1, 0.15) is 0 Å². The second-order valence-electron chi connectivity index (χ2n) is 16.5. The van der Waals surface area contributed by atoms with Gasteiger partial charge in [0.15, 0.2) is 0 Å². The highest BCUT2D eigenvalue weighted by atomic mass is 32.1. The Labute approximate surface area is 368 Å². The van der Waals surface area contributed by atoms with Crippen LogP contribution in [0.4, 0.5) is 34.1 Å². The van der Waals surface area contributed by atoms with Gasteiger partial charge in [-0.15, -0.1) is 11.3 Å². The molecule has 1 heterocycles. The zero-order valence-corrected chi connectivity index (χ0v) is 35.1. The maximum atomic E-state index is 2.43. The number of anilines is 6. The summed E-state index contributed by atoms with van der Waals surface area (Å²) in [6, 6.07) is 84.9. The quantitative estimate of drug-likeness (QED) is 0.154. The fraction of sp³-hybridized carbons (Fsp3) is 0. The van der Waals surface area contributed by atoms with E-state index in [1.165, 1.54) is 96.2 Å². The van der Waals surface area contributed by atoms with E-state index in [-0.39, 0.29) is 0 Å². The molecule has 13 aromatic rings. The first-order valence-electron chi connectivity index (χ1n) is 21.6. The van der Waals surface area contributed by atoms with Crippen molar-refractivity contribution in [3.8, 4) is 0 Å². The Kier molecular flexibility index (Phi) is 8.12. The fourth-order valence-corrected chi connectivity index (χ4v) is 11.1. The third kappa shape index (κ3) is 5.85. The van der Waals surface area contributed by atoms with Crippen LogP contribution in [0, 0.1) is 0 Å². The average Bonchev–Trinajstić information content (AvgIpc) is 3.69. The van der Waals surface area contributed by atoms with Gasteiger partial charge in [0.05, 0.1) is 11.4 Å². The van der Waals surface area contributed by atoms with E-state index < -0.39 is 0 Å². The lowest BCUT2D eigenvalue weighted by atomic mass is 9.98. The lowest BCUT2D eigenvalue weighted by Crippen LogP contribution is -2.10. The van der Waals surface area contributed by atoms with Gasteiger partial charge >= 0.3 is 0 Å². The first-order chi connectivity index (χ1) is 31.2. The maximum absolute atomic E-state index is 2.43. The van der Waals surface area contributed by atoms with E-state index in [2.05, 4.69) is 240 Å². The molecule has 0 aliphatic heterocycles. The Morgan fingerprint density at radius 2 is 0.603 bits per heavy atom. The first-order valence-corrected chi connectivity index (χ1v) is 22.4. The molecule has 2 nitrogen and oxygen atoms in total. The molecule has 0 N–H and O–H groups in total. The van der Waals surface area contributed by atoms with E-state index in [0.29, 0.717) is 0 Å². The fourth-order valence-electron chi connectivity index (χ4n) is 9.96. The average molecular weight is 819 g/mol. The molecule has 294 valence electrons. The van der Waals surface area contributed by atoms with Gasteiger partial charge in [-0.05, 0) is 139 Å². The van der Waals surface area contributed by atoms with Crippen molar-refractivity contribution in [1.29, 1.82) is 0 Å². The molecule has 0 unspecified atom stereocenters. The summed E-state index contributed by atoms with van der Waals surface area (Å²) < 4.78 is 2.60. The lowest BCUT2D eigenvalue weighted by Gasteiger charge is -2.28. The molecule has 0 atom stereocenters. The number of thiophene rings is 1. The van der Waals surface area contributed by atoms with Gasteiger partial charge in [0.25, 0.3) is 0 Å². The molecule has 0 spiro atoms. The summed E-state index contributed by atoms with van der Waals surface area (Å²) in [5, 5.41) is 17.5. The molecular formula is C60H38N2S. The van der Waals surface area contributed by atoms with Crippen molar-refractivity contribution in [3.05, 3.63) is 231 Å². The van der Waals surface area contributed by atoms with Crippen LogP contribution in [0.15, 0.2) is 231 Å². The standard InChI is InChI=1S/C60H38N2S/c1-3-17-45(18-4-1)61(57-35-41-15-7-9-21-49(41)51-23-11-13-25-53(51)57)47-29-27-39-37-59-55(33-43(39)31-47)56-34-44-32-48(30-28-40(44)38-60(56)63-59)62(46-19-5-2-6-20-46)58-36-42-16-8-10-22-50(42)52-24-12-14-26-54(52)58/h1-38H. The van der Waals surface area contributed by atoms with Crippen LogP contribution in [0.1, 0.15) is 0 Å². The summed E-state index contributed by atoms with van der Waals surface area (Å²) >= 11 is 1.88. The monoisotopic (exact) mass is 818 g/mol. The SMILES string of the molecule is c1ccc(N(c2ccc3cc4sc5cc6ccc(N(c7ccccc7)c7cc8ccccc8c8ccccc78)cc6cc5c4cc3c2)c2cc3ccccc3c3ccccc23)cc1. The molecule has 0 aliphatic carbocycles. The molecule has 0 saturated heterocycles. The van der Waals surface area contributed by atoms with Crippen molar-refractivity contribution in [1.82, 2.24) is 0 Å². The molecule has 0 radical (unpaired) electrons. The minimum atomic E-state index is 1.13. The summed E-state index contributed by atoms with van der Waals surface area (Å²) in [4.78, 5) is 4.85. The van der Waals surface area contributed by atoms with Crippen molar-refractivity contribution < 1.29 is 0 Å².